The van der Waals surface area contributed by atoms with Crippen molar-refractivity contribution < 1.29 is 27.6 Å². The topological polar surface area (TPSA) is 69.7 Å². The van der Waals surface area contributed by atoms with E-state index in [1.165, 1.54) is 0 Å². The monoisotopic (exact) mass is 363 g/mol. The van der Waals surface area contributed by atoms with Gasteiger partial charge in [0.1, 0.15) is 12.1 Å². The van der Waals surface area contributed by atoms with Crippen LogP contribution in [0.15, 0.2) is 0 Å². The second-order valence-electron chi connectivity index (χ2n) is 6.92. The smallest absolute Gasteiger partial charge is 0.342 e. The molecule has 0 aliphatic carbocycles. The zero-order valence-electron chi connectivity index (χ0n) is 14.4. The van der Waals surface area contributed by atoms with E-state index < -0.39 is 30.1 Å². The van der Waals surface area contributed by atoms with E-state index in [1.54, 1.807) is 18.7 Å². The Balaban J connectivity index is 2.07. The van der Waals surface area contributed by atoms with Crippen molar-refractivity contribution in [1.82, 2.24) is 15.1 Å². The average molecular weight is 363 g/mol. The molecule has 1 N–H and O–H groups in total. The fourth-order valence-corrected chi connectivity index (χ4v) is 3.34. The van der Waals surface area contributed by atoms with Crippen LogP contribution in [0.25, 0.3) is 0 Å². The fourth-order valence-electron chi connectivity index (χ4n) is 3.34. The Morgan fingerprint density at radius 2 is 1.64 bits per heavy atom. The van der Waals surface area contributed by atoms with E-state index in [0.717, 1.165) is 12.8 Å². The molecule has 0 radical (unpaired) electrons. The molecule has 2 saturated heterocycles. The zero-order chi connectivity index (χ0) is 18.8. The Bertz CT molecular complexity index is 530. The summed E-state index contributed by atoms with van der Waals surface area (Å²) in [6, 6.07) is -1.98. The number of hydrogen-bond donors (Lipinski definition) is 1. The number of amides is 3. The van der Waals surface area contributed by atoms with Gasteiger partial charge in [-0.2, -0.15) is 13.2 Å². The molecule has 0 bridgehead atoms. The quantitative estimate of drug-likeness (QED) is 0.819. The molecule has 0 aromatic carbocycles. The molecule has 0 aromatic heterocycles. The Morgan fingerprint density at radius 3 is 2.16 bits per heavy atom. The van der Waals surface area contributed by atoms with Crippen LogP contribution in [0.1, 0.15) is 39.5 Å². The van der Waals surface area contributed by atoms with Crippen molar-refractivity contribution in [2.24, 2.45) is 5.92 Å². The van der Waals surface area contributed by atoms with Gasteiger partial charge in [0.05, 0.1) is 0 Å². The van der Waals surface area contributed by atoms with Crippen molar-refractivity contribution in [3.05, 3.63) is 0 Å². The lowest BCUT2D eigenvalue weighted by atomic mass is 10.0. The van der Waals surface area contributed by atoms with Crippen LogP contribution in [0, 0.1) is 5.92 Å². The Morgan fingerprint density at radius 1 is 1.04 bits per heavy atom. The van der Waals surface area contributed by atoms with Gasteiger partial charge >= 0.3 is 12.1 Å². The fraction of sp³-hybridized carbons (Fsp3) is 0.812. The predicted molar refractivity (Wildman–Crippen MR) is 83.4 cm³/mol. The van der Waals surface area contributed by atoms with Gasteiger partial charge in [-0.1, -0.05) is 13.8 Å². The molecular weight excluding hydrogens is 339 g/mol. The molecule has 2 fully saturated rings. The van der Waals surface area contributed by atoms with Crippen molar-refractivity contribution in [1.29, 1.82) is 0 Å². The molecule has 25 heavy (non-hydrogen) atoms. The maximum Gasteiger partial charge on any atom is 0.471 e. The number of rotatable bonds is 4. The van der Waals surface area contributed by atoms with E-state index in [9.17, 15) is 27.6 Å². The van der Waals surface area contributed by atoms with Gasteiger partial charge in [0.15, 0.2) is 0 Å². The highest BCUT2D eigenvalue weighted by molar-refractivity contribution is 5.93. The van der Waals surface area contributed by atoms with Gasteiger partial charge in [-0.15, -0.1) is 0 Å². The van der Waals surface area contributed by atoms with Crippen LogP contribution in [0.3, 0.4) is 0 Å². The SMILES string of the molecule is CC(C)[C@H](NC(=O)C1CCCN1C(=O)C(F)(F)F)C(=O)N1CCCC1. The third-order valence-electron chi connectivity index (χ3n) is 4.71. The van der Waals surface area contributed by atoms with Gasteiger partial charge in [-0.05, 0) is 31.6 Å². The van der Waals surface area contributed by atoms with E-state index in [4.69, 9.17) is 0 Å². The number of likely N-dealkylation sites (tertiary alicyclic amines) is 2. The molecule has 1 unspecified atom stereocenters. The van der Waals surface area contributed by atoms with E-state index in [0.29, 0.717) is 24.4 Å². The summed E-state index contributed by atoms with van der Waals surface area (Å²) in [5.41, 5.74) is 0. The highest BCUT2D eigenvalue weighted by Gasteiger charge is 2.48. The van der Waals surface area contributed by atoms with Gasteiger partial charge in [0.2, 0.25) is 11.8 Å². The van der Waals surface area contributed by atoms with Crippen LogP contribution in [0.5, 0.6) is 0 Å². The van der Waals surface area contributed by atoms with Gasteiger partial charge < -0.3 is 15.1 Å². The number of alkyl halides is 3. The van der Waals surface area contributed by atoms with Gasteiger partial charge in [0, 0.05) is 19.6 Å². The molecule has 0 spiro atoms. The maximum absolute atomic E-state index is 12.7. The minimum absolute atomic E-state index is 0.108. The highest BCUT2D eigenvalue weighted by atomic mass is 19.4. The number of carbonyl (C=O) groups excluding carboxylic acids is 3. The number of halogens is 3. The third-order valence-corrected chi connectivity index (χ3v) is 4.71. The second-order valence-corrected chi connectivity index (χ2v) is 6.92. The number of hydrogen-bond acceptors (Lipinski definition) is 3. The zero-order valence-corrected chi connectivity index (χ0v) is 14.4. The minimum Gasteiger partial charge on any atom is -0.342 e. The van der Waals surface area contributed by atoms with E-state index >= 15 is 0 Å². The summed E-state index contributed by atoms with van der Waals surface area (Å²) < 4.78 is 38.0. The lowest BCUT2D eigenvalue weighted by Gasteiger charge is -2.30. The molecule has 0 aromatic rings. The van der Waals surface area contributed by atoms with Crippen molar-refractivity contribution in [3.8, 4) is 0 Å². The standard InChI is InChI=1S/C16H24F3N3O3/c1-10(2)12(14(24)21-7-3-4-8-21)20-13(23)11-6-5-9-22(11)15(25)16(17,18)19/h10-12H,3-9H2,1-2H3,(H,20,23)/t11?,12-/m0/s1. The van der Waals surface area contributed by atoms with E-state index in [-0.39, 0.29) is 24.8 Å². The molecule has 2 heterocycles. The molecule has 2 atom stereocenters. The maximum atomic E-state index is 12.7. The number of nitrogens with zero attached hydrogens (tertiary/aromatic N) is 2. The predicted octanol–water partition coefficient (Wildman–Crippen LogP) is 1.30. The van der Waals surface area contributed by atoms with Crippen molar-refractivity contribution in [3.63, 3.8) is 0 Å². The lowest BCUT2D eigenvalue weighted by Crippen LogP contribution is -2.56. The summed E-state index contributed by atoms with van der Waals surface area (Å²) in [6.45, 7) is 4.68. The summed E-state index contributed by atoms with van der Waals surface area (Å²) >= 11 is 0. The Kier molecular flexibility index (Phi) is 5.95. The van der Waals surface area contributed by atoms with Crippen molar-refractivity contribution >= 4 is 17.7 Å². The summed E-state index contributed by atoms with van der Waals surface area (Å²) in [6.07, 6.45) is -2.71. The Labute approximate surface area is 144 Å². The van der Waals surface area contributed by atoms with Crippen LogP contribution in [0.2, 0.25) is 0 Å². The molecule has 9 heteroatoms. The first kappa shape index (κ1) is 19.5. The second kappa shape index (κ2) is 7.61. The first-order chi connectivity index (χ1) is 11.6. The normalized spacial score (nSPS) is 22.4. The van der Waals surface area contributed by atoms with Gasteiger partial charge in [-0.25, -0.2) is 0 Å². The minimum atomic E-state index is -5.01. The summed E-state index contributed by atoms with van der Waals surface area (Å²) in [7, 11) is 0. The van der Waals surface area contributed by atoms with E-state index in [2.05, 4.69) is 5.32 Å². The third kappa shape index (κ3) is 4.43. The van der Waals surface area contributed by atoms with Crippen LogP contribution >= 0.6 is 0 Å². The molecule has 0 saturated carbocycles. The summed E-state index contributed by atoms with van der Waals surface area (Å²) in [5, 5.41) is 2.58. The molecule has 6 nitrogen and oxygen atoms in total. The lowest BCUT2D eigenvalue weighted by molar-refractivity contribution is -0.186. The highest BCUT2D eigenvalue weighted by Crippen LogP contribution is 2.26. The largest absolute Gasteiger partial charge is 0.471 e. The van der Waals surface area contributed by atoms with Crippen LogP contribution in [-0.2, 0) is 14.4 Å². The summed E-state index contributed by atoms with van der Waals surface area (Å²) in [4.78, 5) is 38.8. The molecule has 142 valence electrons. The van der Waals surface area contributed by atoms with Crippen LogP contribution in [0.4, 0.5) is 13.2 Å². The number of nitrogens with one attached hydrogen (secondary N) is 1. The molecular formula is C16H24F3N3O3. The summed E-state index contributed by atoms with van der Waals surface area (Å²) in [5.74, 6) is -3.11. The first-order valence-corrected chi connectivity index (χ1v) is 8.60. The van der Waals surface area contributed by atoms with Crippen LogP contribution in [-0.4, -0.2) is 65.4 Å². The molecule has 2 aliphatic heterocycles. The molecule has 2 rings (SSSR count). The van der Waals surface area contributed by atoms with E-state index in [1.807, 2.05) is 0 Å². The molecule has 3 amide bonds. The van der Waals surface area contributed by atoms with Gasteiger partial charge in [-0.3, -0.25) is 14.4 Å². The number of carbonyl (C=O) groups is 3. The first-order valence-electron chi connectivity index (χ1n) is 8.60. The molecule has 2 aliphatic rings. The van der Waals surface area contributed by atoms with Crippen molar-refractivity contribution in [2.75, 3.05) is 19.6 Å². The van der Waals surface area contributed by atoms with Crippen LogP contribution < -0.4 is 5.32 Å². The van der Waals surface area contributed by atoms with Crippen molar-refractivity contribution in [2.45, 2.75) is 57.8 Å². The average Bonchev–Trinajstić information content (AvgIpc) is 3.20. The Hall–Kier alpha value is -1.80. The van der Waals surface area contributed by atoms with Gasteiger partial charge in [0.25, 0.3) is 0 Å².